The van der Waals surface area contributed by atoms with E-state index in [1.54, 1.807) is 0 Å². The lowest BCUT2D eigenvalue weighted by Crippen LogP contribution is -2.38. The molecule has 2 atom stereocenters. The number of aliphatic hydroxyl groups excluding tert-OH is 1. The average molecular weight is 297 g/mol. The highest BCUT2D eigenvalue weighted by atomic mass is 35.5. The molecule has 0 amide bonds. The molecule has 1 heterocycles. The van der Waals surface area contributed by atoms with E-state index >= 15 is 0 Å². The zero-order chi connectivity index (χ0) is 14.5. The van der Waals surface area contributed by atoms with Crippen LogP contribution in [0.3, 0.4) is 0 Å². The highest BCUT2D eigenvalue weighted by Crippen LogP contribution is 2.25. The zero-order valence-corrected chi connectivity index (χ0v) is 12.9. The summed E-state index contributed by atoms with van der Waals surface area (Å²) >= 11 is 6.17. The number of hydrogen-bond donors (Lipinski definition) is 2. The van der Waals surface area contributed by atoms with Crippen molar-refractivity contribution in [2.75, 3.05) is 19.6 Å². The number of nitrogens with zero attached hydrogens (tertiary/aromatic N) is 1. The third-order valence-electron chi connectivity index (χ3n) is 4.38. The van der Waals surface area contributed by atoms with Crippen LogP contribution in [0.1, 0.15) is 37.8 Å². The molecule has 3 nitrogen and oxygen atoms in total. The molecule has 20 heavy (non-hydrogen) atoms. The minimum Gasteiger partial charge on any atom is -0.393 e. The lowest BCUT2D eigenvalue weighted by molar-refractivity contribution is 0.0709. The maximum absolute atomic E-state index is 9.61. The van der Waals surface area contributed by atoms with E-state index < -0.39 is 0 Å². The topological polar surface area (TPSA) is 49.5 Å². The van der Waals surface area contributed by atoms with E-state index in [1.807, 2.05) is 31.2 Å². The fourth-order valence-electron chi connectivity index (χ4n) is 2.91. The van der Waals surface area contributed by atoms with Crippen LogP contribution in [0.5, 0.6) is 0 Å². The van der Waals surface area contributed by atoms with Gasteiger partial charge in [0.15, 0.2) is 0 Å². The van der Waals surface area contributed by atoms with Crippen LogP contribution in [0, 0.1) is 5.92 Å². The van der Waals surface area contributed by atoms with Crippen molar-refractivity contribution in [2.24, 2.45) is 11.7 Å². The van der Waals surface area contributed by atoms with Crippen molar-refractivity contribution in [2.45, 2.75) is 38.3 Å². The molecule has 0 spiro atoms. The van der Waals surface area contributed by atoms with Crippen LogP contribution in [0.2, 0.25) is 5.02 Å². The number of likely N-dealkylation sites (tertiary alicyclic amines) is 1. The molecule has 0 bridgehead atoms. The molecule has 0 saturated carbocycles. The van der Waals surface area contributed by atoms with Crippen LogP contribution < -0.4 is 5.73 Å². The summed E-state index contributed by atoms with van der Waals surface area (Å²) < 4.78 is 0. The Morgan fingerprint density at radius 3 is 2.60 bits per heavy atom. The van der Waals surface area contributed by atoms with Gasteiger partial charge in [0.05, 0.1) is 6.10 Å². The Hall–Kier alpha value is -0.610. The highest BCUT2D eigenvalue weighted by Gasteiger charge is 2.22. The van der Waals surface area contributed by atoms with Gasteiger partial charge in [-0.15, -0.1) is 0 Å². The first kappa shape index (κ1) is 15.8. The Balaban J connectivity index is 1.78. The molecule has 112 valence electrons. The predicted octanol–water partition coefficient (Wildman–Crippen LogP) is 2.82. The smallest absolute Gasteiger partial charge is 0.0541 e. The summed E-state index contributed by atoms with van der Waals surface area (Å²) in [7, 11) is 0. The van der Waals surface area contributed by atoms with Gasteiger partial charge in [-0.05, 0) is 63.4 Å². The van der Waals surface area contributed by atoms with Crippen molar-refractivity contribution in [3.8, 4) is 0 Å². The fraction of sp³-hybridized carbons (Fsp3) is 0.625. The molecule has 0 radical (unpaired) electrons. The summed E-state index contributed by atoms with van der Waals surface area (Å²) in [5, 5.41) is 10.4. The van der Waals surface area contributed by atoms with E-state index in [4.69, 9.17) is 17.3 Å². The van der Waals surface area contributed by atoms with Gasteiger partial charge in [0.1, 0.15) is 0 Å². The van der Waals surface area contributed by atoms with Crippen LogP contribution >= 0.6 is 11.6 Å². The lowest BCUT2D eigenvalue weighted by atomic mass is 9.92. The molecule has 1 aliphatic heterocycles. The first-order valence-electron chi connectivity index (χ1n) is 7.48. The summed E-state index contributed by atoms with van der Waals surface area (Å²) in [6.45, 7) is 5.02. The lowest BCUT2D eigenvalue weighted by Gasteiger charge is -2.33. The molecular formula is C16H25ClN2O. The second kappa shape index (κ2) is 7.41. The molecule has 4 heteroatoms. The number of benzene rings is 1. The molecule has 1 saturated heterocycles. The van der Waals surface area contributed by atoms with E-state index in [-0.39, 0.29) is 12.1 Å². The Bertz CT molecular complexity index is 417. The van der Waals surface area contributed by atoms with Crippen LogP contribution in [0.25, 0.3) is 0 Å². The first-order valence-corrected chi connectivity index (χ1v) is 7.86. The Morgan fingerprint density at radius 1 is 1.35 bits per heavy atom. The average Bonchev–Trinajstić information content (AvgIpc) is 2.45. The summed E-state index contributed by atoms with van der Waals surface area (Å²) in [4.78, 5) is 2.44. The molecule has 1 aromatic rings. The van der Waals surface area contributed by atoms with Crippen molar-refractivity contribution in [3.63, 3.8) is 0 Å². The first-order chi connectivity index (χ1) is 9.58. The van der Waals surface area contributed by atoms with Crippen LogP contribution in [0.15, 0.2) is 24.3 Å². The summed E-state index contributed by atoms with van der Waals surface area (Å²) in [6, 6.07) is 7.81. The van der Waals surface area contributed by atoms with E-state index in [0.717, 1.165) is 49.5 Å². The maximum Gasteiger partial charge on any atom is 0.0541 e. The monoisotopic (exact) mass is 296 g/mol. The van der Waals surface area contributed by atoms with Crippen molar-refractivity contribution in [1.82, 2.24) is 4.90 Å². The number of hydrogen-bond acceptors (Lipinski definition) is 3. The summed E-state index contributed by atoms with van der Waals surface area (Å²) in [5.41, 5.74) is 7.27. The van der Waals surface area contributed by atoms with Crippen LogP contribution in [-0.4, -0.2) is 35.7 Å². The van der Waals surface area contributed by atoms with E-state index in [9.17, 15) is 5.11 Å². The number of aliphatic hydroxyl groups is 1. The van der Waals surface area contributed by atoms with Gasteiger partial charge in [-0.1, -0.05) is 29.8 Å². The molecule has 1 aromatic carbocycles. The van der Waals surface area contributed by atoms with Gasteiger partial charge in [-0.3, -0.25) is 0 Å². The van der Waals surface area contributed by atoms with Crippen molar-refractivity contribution in [3.05, 3.63) is 34.9 Å². The van der Waals surface area contributed by atoms with Gasteiger partial charge in [-0.25, -0.2) is 0 Å². The molecule has 1 fully saturated rings. The number of rotatable bonds is 5. The minimum atomic E-state index is -0.178. The molecular weight excluding hydrogens is 272 g/mol. The van der Waals surface area contributed by atoms with E-state index in [2.05, 4.69) is 4.90 Å². The van der Waals surface area contributed by atoms with E-state index in [0.29, 0.717) is 5.92 Å². The van der Waals surface area contributed by atoms with Gasteiger partial charge in [0.2, 0.25) is 0 Å². The molecule has 2 unspecified atom stereocenters. The molecule has 0 aromatic heterocycles. The normalized spacial score (nSPS) is 20.8. The Kier molecular flexibility index (Phi) is 5.85. The molecule has 1 aliphatic rings. The molecule has 3 N–H and O–H groups in total. The Labute approximate surface area is 126 Å². The maximum atomic E-state index is 9.61. The number of piperidine rings is 1. The van der Waals surface area contributed by atoms with Crippen molar-refractivity contribution in [1.29, 1.82) is 0 Å². The zero-order valence-electron chi connectivity index (χ0n) is 12.1. The second-order valence-electron chi connectivity index (χ2n) is 5.84. The standard InChI is InChI=1S/C16H25ClN2O/c1-12(20)13-6-9-19(10-7-13)11-8-16(18)14-4-2-3-5-15(14)17/h2-5,12-13,16,20H,6-11,18H2,1H3. The second-order valence-corrected chi connectivity index (χ2v) is 6.24. The van der Waals surface area contributed by atoms with Crippen LogP contribution in [0.4, 0.5) is 0 Å². The third kappa shape index (κ3) is 4.19. The van der Waals surface area contributed by atoms with E-state index in [1.165, 1.54) is 0 Å². The van der Waals surface area contributed by atoms with Gasteiger partial charge in [0, 0.05) is 11.1 Å². The predicted molar refractivity (Wildman–Crippen MR) is 83.8 cm³/mol. The SMILES string of the molecule is CC(O)C1CCN(CCC(N)c2ccccc2Cl)CC1. The fourth-order valence-corrected chi connectivity index (χ4v) is 3.19. The van der Waals surface area contributed by atoms with Crippen molar-refractivity contribution < 1.29 is 5.11 Å². The quantitative estimate of drug-likeness (QED) is 0.878. The summed E-state index contributed by atoms with van der Waals surface area (Å²) in [6.07, 6.45) is 2.91. The molecule has 2 rings (SSSR count). The van der Waals surface area contributed by atoms with Gasteiger partial charge in [-0.2, -0.15) is 0 Å². The number of nitrogens with two attached hydrogens (primary N) is 1. The highest BCUT2D eigenvalue weighted by molar-refractivity contribution is 6.31. The van der Waals surface area contributed by atoms with Gasteiger partial charge < -0.3 is 15.7 Å². The van der Waals surface area contributed by atoms with Crippen molar-refractivity contribution >= 4 is 11.6 Å². The third-order valence-corrected chi connectivity index (χ3v) is 4.72. The van der Waals surface area contributed by atoms with Gasteiger partial charge in [0.25, 0.3) is 0 Å². The molecule has 0 aliphatic carbocycles. The van der Waals surface area contributed by atoms with Crippen LogP contribution in [-0.2, 0) is 0 Å². The largest absolute Gasteiger partial charge is 0.393 e. The minimum absolute atomic E-state index is 0.00168. The summed E-state index contributed by atoms with van der Waals surface area (Å²) in [5.74, 6) is 0.462. The van der Waals surface area contributed by atoms with Gasteiger partial charge >= 0.3 is 0 Å². The number of halogens is 1. The Morgan fingerprint density at radius 2 is 2.00 bits per heavy atom.